The summed E-state index contributed by atoms with van der Waals surface area (Å²) < 4.78 is 9.95. The molecule has 0 aliphatic carbocycles. The Morgan fingerprint density at radius 1 is 1.06 bits per heavy atom. The van der Waals surface area contributed by atoms with Crippen molar-refractivity contribution in [2.75, 3.05) is 19.0 Å². The van der Waals surface area contributed by atoms with Crippen LogP contribution < -0.4 is 15.8 Å². The molecule has 0 unspecified atom stereocenters. The van der Waals surface area contributed by atoms with E-state index in [1.807, 2.05) is 38.1 Å². The standard InChI is InChI=1S/C17H18N2O2.C7H9NO2.CH4/c1-13-5-2-7-15(11-13)19-17(20)14-6-3-8-16(12-14)21-10-4-9-18;1-5-3-6(4-8-5)7(9)10-2;/h2-9,11-12H,10,18H2,1H3,(H,19,20);3-4,8H,1-2H3;1H4/b9-4-;;. The number of carbonyl (C=O) groups is 2. The molecule has 0 bridgehead atoms. The highest BCUT2D eigenvalue weighted by Crippen LogP contribution is 2.16. The normalized spacial score (nSPS) is 9.84. The van der Waals surface area contributed by atoms with Crippen molar-refractivity contribution in [1.29, 1.82) is 0 Å². The van der Waals surface area contributed by atoms with Crippen LogP contribution in [0.5, 0.6) is 5.75 Å². The number of benzene rings is 2. The molecule has 0 saturated heterocycles. The van der Waals surface area contributed by atoms with Crippen LogP contribution in [-0.4, -0.2) is 30.6 Å². The SMILES string of the molecule is C.COC(=O)c1c[nH]c(C)c1.Cc1cccc(NC(=O)c2cccc(OC/C=C\N)c2)c1. The fraction of sp³-hybridized carbons (Fsp3) is 0.200. The average Bonchev–Trinajstić information content (AvgIpc) is 3.20. The third-order valence-electron chi connectivity index (χ3n) is 4.10. The van der Waals surface area contributed by atoms with Gasteiger partial charge < -0.3 is 25.5 Å². The Balaban J connectivity index is 0.000000393. The molecule has 1 aromatic heterocycles. The average molecular weight is 438 g/mol. The van der Waals surface area contributed by atoms with Crippen molar-refractivity contribution in [3.63, 3.8) is 0 Å². The lowest BCUT2D eigenvalue weighted by Gasteiger charge is -2.08. The van der Waals surface area contributed by atoms with Crippen LogP contribution in [0.2, 0.25) is 0 Å². The van der Waals surface area contributed by atoms with Crippen LogP contribution in [0.25, 0.3) is 0 Å². The number of methoxy groups -OCH3 is 1. The molecular formula is C25H31N3O4. The predicted octanol–water partition coefficient (Wildman–Crippen LogP) is 4.84. The first-order valence-corrected chi connectivity index (χ1v) is 9.64. The Hall–Kier alpha value is -4.00. The summed E-state index contributed by atoms with van der Waals surface area (Å²) in [4.78, 5) is 25.9. The molecule has 0 spiro atoms. The Labute approximate surface area is 189 Å². The van der Waals surface area contributed by atoms with Crippen LogP contribution >= 0.6 is 0 Å². The third kappa shape index (κ3) is 8.39. The molecule has 0 atom stereocenters. The fourth-order valence-electron chi connectivity index (χ4n) is 2.60. The number of H-pyrrole nitrogens is 1. The van der Waals surface area contributed by atoms with E-state index in [0.29, 0.717) is 23.5 Å². The number of aryl methyl sites for hydroxylation is 2. The van der Waals surface area contributed by atoms with E-state index in [1.54, 1.807) is 42.6 Å². The van der Waals surface area contributed by atoms with E-state index >= 15 is 0 Å². The minimum atomic E-state index is -0.302. The van der Waals surface area contributed by atoms with Crippen LogP contribution in [0.15, 0.2) is 73.1 Å². The number of carbonyl (C=O) groups excluding carboxylic acids is 2. The summed E-state index contributed by atoms with van der Waals surface area (Å²) in [5.74, 6) is 0.162. The molecule has 3 rings (SSSR count). The van der Waals surface area contributed by atoms with Crippen molar-refractivity contribution < 1.29 is 19.1 Å². The van der Waals surface area contributed by atoms with Crippen LogP contribution in [0.4, 0.5) is 5.69 Å². The number of hydrogen-bond acceptors (Lipinski definition) is 5. The lowest BCUT2D eigenvalue weighted by molar-refractivity contribution is 0.0600. The van der Waals surface area contributed by atoms with E-state index in [2.05, 4.69) is 15.0 Å². The summed E-state index contributed by atoms with van der Waals surface area (Å²) in [6.45, 7) is 4.24. The monoisotopic (exact) mass is 437 g/mol. The maximum absolute atomic E-state index is 12.2. The Kier molecular flexibility index (Phi) is 10.8. The van der Waals surface area contributed by atoms with Crippen molar-refractivity contribution in [2.45, 2.75) is 21.3 Å². The number of esters is 1. The maximum Gasteiger partial charge on any atom is 0.339 e. The van der Waals surface area contributed by atoms with Gasteiger partial charge in [-0.3, -0.25) is 4.79 Å². The number of nitrogens with one attached hydrogen (secondary N) is 2. The van der Waals surface area contributed by atoms with Gasteiger partial charge in [0.05, 0.1) is 12.7 Å². The quantitative estimate of drug-likeness (QED) is 0.478. The van der Waals surface area contributed by atoms with E-state index < -0.39 is 0 Å². The highest BCUT2D eigenvalue weighted by atomic mass is 16.5. The first kappa shape index (κ1) is 26.0. The topological polar surface area (TPSA) is 106 Å². The summed E-state index contributed by atoms with van der Waals surface area (Å²) in [6.07, 6.45) is 4.74. The van der Waals surface area contributed by atoms with Gasteiger partial charge in [0.25, 0.3) is 5.91 Å². The number of anilines is 1. The molecule has 0 saturated carbocycles. The van der Waals surface area contributed by atoms with Gasteiger partial charge in [0.1, 0.15) is 12.4 Å². The van der Waals surface area contributed by atoms with E-state index in [0.717, 1.165) is 16.9 Å². The zero-order valence-corrected chi connectivity index (χ0v) is 17.8. The van der Waals surface area contributed by atoms with Crippen LogP contribution in [0, 0.1) is 13.8 Å². The number of nitrogens with two attached hydrogens (primary N) is 1. The van der Waals surface area contributed by atoms with Crippen molar-refractivity contribution in [3.8, 4) is 5.75 Å². The summed E-state index contributed by atoms with van der Waals surface area (Å²) in [5.41, 5.74) is 9.19. The molecule has 170 valence electrons. The molecule has 4 N–H and O–H groups in total. The van der Waals surface area contributed by atoms with Gasteiger partial charge in [-0.15, -0.1) is 0 Å². The minimum Gasteiger partial charge on any atom is -0.489 e. The summed E-state index contributed by atoms with van der Waals surface area (Å²) in [7, 11) is 1.37. The molecule has 3 aromatic rings. The van der Waals surface area contributed by atoms with E-state index in [4.69, 9.17) is 10.5 Å². The molecule has 1 heterocycles. The molecule has 0 fully saturated rings. The lowest BCUT2D eigenvalue weighted by atomic mass is 10.2. The predicted molar refractivity (Wildman–Crippen MR) is 128 cm³/mol. The molecule has 0 radical (unpaired) electrons. The highest BCUT2D eigenvalue weighted by molar-refractivity contribution is 6.04. The molecule has 7 nitrogen and oxygen atoms in total. The van der Waals surface area contributed by atoms with Crippen LogP contribution in [-0.2, 0) is 4.74 Å². The molecule has 2 aromatic carbocycles. The van der Waals surface area contributed by atoms with Gasteiger partial charge in [0, 0.05) is 23.1 Å². The van der Waals surface area contributed by atoms with Gasteiger partial charge >= 0.3 is 5.97 Å². The first-order valence-electron chi connectivity index (χ1n) is 9.64. The molecule has 32 heavy (non-hydrogen) atoms. The summed E-state index contributed by atoms with van der Waals surface area (Å²) in [6, 6.07) is 16.4. The van der Waals surface area contributed by atoms with Crippen molar-refractivity contribution in [3.05, 3.63) is 95.5 Å². The fourth-order valence-corrected chi connectivity index (χ4v) is 2.60. The summed E-state index contributed by atoms with van der Waals surface area (Å²) in [5, 5.41) is 2.87. The van der Waals surface area contributed by atoms with E-state index in [-0.39, 0.29) is 19.3 Å². The molecule has 7 heteroatoms. The number of aromatic nitrogens is 1. The number of rotatable bonds is 6. The van der Waals surface area contributed by atoms with Gasteiger partial charge in [0.15, 0.2) is 0 Å². The summed E-state index contributed by atoms with van der Waals surface area (Å²) >= 11 is 0. The Bertz CT molecular complexity index is 1040. The van der Waals surface area contributed by atoms with Crippen molar-refractivity contribution in [2.24, 2.45) is 5.73 Å². The first-order chi connectivity index (χ1) is 14.9. The maximum atomic E-state index is 12.2. The van der Waals surface area contributed by atoms with E-state index in [9.17, 15) is 9.59 Å². The molecule has 0 aliphatic heterocycles. The van der Waals surface area contributed by atoms with Crippen LogP contribution in [0.1, 0.15) is 39.4 Å². The third-order valence-corrected chi connectivity index (χ3v) is 4.10. The largest absolute Gasteiger partial charge is 0.489 e. The number of ether oxygens (including phenoxy) is 2. The Morgan fingerprint density at radius 2 is 1.81 bits per heavy atom. The lowest BCUT2D eigenvalue weighted by Crippen LogP contribution is -2.12. The zero-order valence-electron chi connectivity index (χ0n) is 17.8. The molecule has 1 amide bonds. The van der Waals surface area contributed by atoms with Gasteiger partial charge in [0.2, 0.25) is 0 Å². The number of aromatic amines is 1. The smallest absolute Gasteiger partial charge is 0.339 e. The van der Waals surface area contributed by atoms with Gasteiger partial charge in [-0.1, -0.05) is 25.6 Å². The van der Waals surface area contributed by atoms with Crippen LogP contribution in [0.3, 0.4) is 0 Å². The highest BCUT2D eigenvalue weighted by Gasteiger charge is 2.07. The second-order valence-corrected chi connectivity index (χ2v) is 6.65. The minimum absolute atomic E-state index is 0. The van der Waals surface area contributed by atoms with Gasteiger partial charge in [-0.25, -0.2) is 4.79 Å². The van der Waals surface area contributed by atoms with Crippen molar-refractivity contribution >= 4 is 17.6 Å². The number of hydrogen-bond donors (Lipinski definition) is 3. The zero-order chi connectivity index (χ0) is 22.6. The number of amides is 1. The van der Waals surface area contributed by atoms with E-state index in [1.165, 1.54) is 13.3 Å². The van der Waals surface area contributed by atoms with Crippen molar-refractivity contribution in [1.82, 2.24) is 4.98 Å². The van der Waals surface area contributed by atoms with Gasteiger partial charge in [-0.05, 0) is 68.1 Å². The second kappa shape index (κ2) is 13.3. The Morgan fingerprint density at radius 3 is 2.44 bits per heavy atom. The molecule has 0 aliphatic rings. The molecular weight excluding hydrogens is 406 g/mol. The second-order valence-electron chi connectivity index (χ2n) is 6.65. The van der Waals surface area contributed by atoms with Gasteiger partial charge in [-0.2, -0.15) is 0 Å².